The number of carbonyl (C=O) groups is 1. The van der Waals surface area contributed by atoms with E-state index in [1.165, 1.54) is 5.56 Å². The summed E-state index contributed by atoms with van der Waals surface area (Å²) in [6, 6.07) is 8.54. The Hall–Kier alpha value is -1.10. The lowest BCUT2D eigenvalue weighted by Crippen LogP contribution is -2.50. The summed E-state index contributed by atoms with van der Waals surface area (Å²) in [5, 5.41) is 3.77. The van der Waals surface area contributed by atoms with E-state index in [-0.39, 0.29) is 11.9 Å². The second kappa shape index (κ2) is 7.95. The number of nitrogens with zero attached hydrogens (tertiary/aromatic N) is 2. The van der Waals surface area contributed by atoms with Gasteiger partial charge in [0.25, 0.3) is 0 Å². The molecule has 0 radical (unpaired) electrons. The number of hydrogen-bond donors (Lipinski definition) is 1. The fourth-order valence-electron chi connectivity index (χ4n) is 2.89. The maximum atomic E-state index is 11.8. The molecule has 5 heteroatoms. The van der Waals surface area contributed by atoms with E-state index in [0.29, 0.717) is 12.6 Å². The molecule has 1 aromatic rings. The van der Waals surface area contributed by atoms with Crippen LogP contribution < -0.4 is 5.32 Å². The lowest BCUT2D eigenvalue weighted by molar-refractivity contribution is -0.123. The highest BCUT2D eigenvalue weighted by Crippen LogP contribution is 2.27. The largest absolute Gasteiger partial charge is 0.353 e. The molecule has 122 valence electrons. The summed E-state index contributed by atoms with van der Waals surface area (Å²) < 4.78 is 0. The van der Waals surface area contributed by atoms with Crippen LogP contribution >= 0.6 is 11.6 Å². The predicted octanol–water partition coefficient (Wildman–Crippen LogP) is 2.54. The van der Waals surface area contributed by atoms with E-state index in [2.05, 4.69) is 28.1 Å². The molecule has 1 fully saturated rings. The standard InChI is InChI=1S/C17H26ClN3O/c1-13(2)19-17(22)12-20-8-10-21(11-9-20)14(3)15-6-4-5-7-16(15)18/h4-7,13-14H,8-12H2,1-3H3,(H,19,22). The van der Waals surface area contributed by atoms with Crippen LogP contribution in [0.1, 0.15) is 32.4 Å². The van der Waals surface area contributed by atoms with Gasteiger partial charge in [-0.25, -0.2) is 0 Å². The monoisotopic (exact) mass is 323 g/mol. The zero-order chi connectivity index (χ0) is 16.1. The molecule has 0 aliphatic carbocycles. The van der Waals surface area contributed by atoms with Gasteiger partial charge in [0.15, 0.2) is 0 Å². The number of amides is 1. The molecule has 2 rings (SSSR count). The summed E-state index contributed by atoms with van der Waals surface area (Å²) in [6.07, 6.45) is 0. The predicted molar refractivity (Wildman–Crippen MR) is 91.2 cm³/mol. The Bertz CT molecular complexity index is 498. The van der Waals surface area contributed by atoms with Crippen molar-refractivity contribution in [1.82, 2.24) is 15.1 Å². The number of benzene rings is 1. The molecule has 1 heterocycles. The molecule has 1 saturated heterocycles. The van der Waals surface area contributed by atoms with Gasteiger partial charge in [0.1, 0.15) is 0 Å². The van der Waals surface area contributed by atoms with E-state index in [1.54, 1.807) is 0 Å². The van der Waals surface area contributed by atoms with E-state index < -0.39 is 0 Å². The normalized spacial score (nSPS) is 18.4. The van der Waals surface area contributed by atoms with Crippen LogP contribution in [0.3, 0.4) is 0 Å². The number of rotatable bonds is 5. The van der Waals surface area contributed by atoms with Gasteiger partial charge >= 0.3 is 0 Å². The topological polar surface area (TPSA) is 35.6 Å². The van der Waals surface area contributed by atoms with Crippen LogP contribution in [0.2, 0.25) is 5.02 Å². The number of piperazine rings is 1. The quantitative estimate of drug-likeness (QED) is 0.904. The van der Waals surface area contributed by atoms with Gasteiger partial charge in [-0.15, -0.1) is 0 Å². The van der Waals surface area contributed by atoms with Gasteiger partial charge in [0, 0.05) is 43.3 Å². The Labute approximate surface area is 138 Å². The summed E-state index contributed by atoms with van der Waals surface area (Å²) in [5.41, 5.74) is 1.18. The summed E-state index contributed by atoms with van der Waals surface area (Å²) >= 11 is 6.29. The highest BCUT2D eigenvalue weighted by Gasteiger charge is 2.24. The minimum atomic E-state index is 0.114. The van der Waals surface area contributed by atoms with Gasteiger partial charge in [-0.05, 0) is 32.4 Å². The van der Waals surface area contributed by atoms with Crippen LogP contribution in [0.4, 0.5) is 0 Å². The Morgan fingerprint density at radius 3 is 2.41 bits per heavy atom. The molecule has 1 N–H and O–H groups in total. The van der Waals surface area contributed by atoms with Gasteiger partial charge in [0.05, 0.1) is 6.54 Å². The average Bonchev–Trinajstić information content (AvgIpc) is 2.47. The highest BCUT2D eigenvalue weighted by atomic mass is 35.5. The van der Waals surface area contributed by atoms with E-state index in [9.17, 15) is 4.79 Å². The molecular weight excluding hydrogens is 298 g/mol. The molecule has 0 saturated carbocycles. The fourth-order valence-corrected chi connectivity index (χ4v) is 3.18. The van der Waals surface area contributed by atoms with Gasteiger partial charge in [-0.1, -0.05) is 29.8 Å². The Kier molecular flexibility index (Phi) is 6.24. The van der Waals surface area contributed by atoms with Crippen LogP contribution in [0, 0.1) is 0 Å². The van der Waals surface area contributed by atoms with Crippen molar-refractivity contribution in [1.29, 1.82) is 0 Å². The Morgan fingerprint density at radius 1 is 1.18 bits per heavy atom. The van der Waals surface area contributed by atoms with E-state index >= 15 is 0 Å². The zero-order valence-corrected chi connectivity index (χ0v) is 14.4. The molecule has 0 aromatic heterocycles. The third-order valence-electron chi connectivity index (χ3n) is 4.13. The number of hydrogen-bond acceptors (Lipinski definition) is 3. The second-order valence-corrected chi connectivity index (χ2v) is 6.64. The first kappa shape index (κ1) is 17.3. The molecule has 1 amide bonds. The van der Waals surface area contributed by atoms with Crippen molar-refractivity contribution in [2.45, 2.75) is 32.9 Å². The SMILES string of the molecule is CC(C)NC(=O)CN1CCN(C(C)c2ccccc2Cl)CC1. The van der Waals surface area contributed by atoms with Crippen LogP contribution in [0.15, 0.2) is 24.3 Å². The van der Waals surface area contributed by atoms with Crippen LogP contribution in [-0.4, -0.2) is 54.5 Å². The number of nitrogens with one attached hydrogen (secondary N) is 1. The van der Waals surface area contributed by atoms with Gasteiger partial charge in [0.2, 0.25) is 5.91 Å². The van der Waals surface area contributed by atoms with Gasteiger partial charge in [-0.3, -0.25) is 14.6 Å². The molecular formula is C17H26ClN3O. The fraction of sp³-hybridized carbons (Fsp3) is 0.588. The van der Waals surface area contributed by atoms with Crippen molar-refractivity contribution in [2.24, 2.45) is 0 Å². The van der Waals surface area contributed by atoms with Crippen LogP contribution in [-0.2, 0) is 4.79 Å². The first-order valence-corrected chi connectivity index (χ1v) is 8.35. The van der Waals surface area contributed by atoms with Gasteiger partial charge < -0.3 is 5.32 Å². The summed E-state index contributed by atoms with van der Waals surface area (Å²) in [4.78, 5) is 16.5. The molecule has 1 atom stereocenters. The van der Waals surface area contributed by atoms with Crippen molar-refractivity contribution in [3.05, 3.63) is 34.9 Å². The summed E-state index contributed by atoms with van der Waals surface area (Å²) in [6.45, 7) is 10.4. The minimum Gasteiger partial charge on any atom is -0.353 e. The van der Waals surface area contributed by atoms with Crippen molar-refractivity contribution in [2.75, 3.05) is 32.7 Å². The second-order valence-electron chi connectivity index (χ2n) is 6.23. The zero-order valence-electron chi connectivity index (χ0n) is 13.7. The smallest absolute Gasteiger partial charge is 0.234 e. The first-order valence-electron chi connectivity index (χ1n) is 7.97. The molecule has 4 nitrogen and oxygen atoms in total. The van der Waals surface area contributed by atoms with E-state index in [4.69, 9.17) is 11.6 Å². The average molecular weight is 324 g/mol. The third-order valence-corrected chi connectivity index (χ3v) is 4.47. The van der Waals surface area contributed by atoms with Crippen LogP contribution in [0.25, 0.3) is 0 Å². The third kappa shape index (κ3) is 4.70. The van der Waals surface area contributed by atoms with E-state index in [0.717, 1.165) is 31.2 Å². The van der Waals surface area contributed by atoms with Crippen molar-refractivity contribution in [3.8, 4) is 0 Å². The van der Waals surface area contributed by atoms with Gasteiger partial charge in [-0.2, -0.15) is 0 Å². The number of halogens is 1. The van der Waals surface area contributed by atoms with Crippen LogP contribution in [0.5, 0.6) is 0 Å². The first-order chi connectivity index (χ1) is 10.5. The molecule has 22 heavy (non-hydrogen) atoms. The van der Waals surface area contributed by atoms with Crippen molar-refractivity contribution < 1.29 is 4.79 Å². The Balaban J connectivity index is 1.84. The molecule has 0 bridgehead atoms. The highest BCUT2D eigenvalue weighted by molar-refractivity contribution is 6.31. The lowest BCUT2D eigenvalue weighted by Gasteiger charge is -2.38. The van der Waals surface area contributed by atoms with Crippen molar-refractivity contribution in [3.63, 3.8) is 0 Å². The summed E-state index contributed by atoms with van der Waals surface area (Å²) in [5.74, 6) is 0.114. The molecule has 1 unspecified atom stereocenters. The molecule has 1 aliphatic heterocycles. The maximum absolute atomic E-state index is 11.8. The molecule has 0 spiro atoms. The molecule has 1 aliphatic rings. The lowest BCUT2D eigenvalue weighted by atomic mass is 10.1. The summed E-state index contributed by atoms with van der Waals surface area (Å²) in [7, 11) is 0. The van der Waals surface area contributed by atoms with E-state index in [1.807, 2.05) is 32.0 Å². The van der Waals surface area contributed by atoms with Crippen molar-refractivity contribution >= 4 is 17.5 Å². The number of carbonyl (C=O) groups excluding carboxylic acids is 1. The Morgan fingerprint density at radius 2 is 1.82 bits per heavy atom. The maximum Gasteiger partial charge on any atom is 0.234 e. The minimum absolute atomic E-state index is 0.114. The molecule has 1 aromatic carbocycles.